The molecule has 1 aromatic carbocycles. The van der Waals surface area contributed by atoms with Crippen molar-refractivity contribution < 1.29 is 37.8 Å². The molecule has 11 heteroatoms. The molecule has 4 rings (SSSR count). The molecule has 2 aliphatic heterocycles. The van der Waals surface area contributed by atoms with Crippen LogP contribution >= 0.6 is 0 Å². The van der Waals surface area contributed by atoms with Crippen LogP contribution in [0.4, 0.5) is 13.2 Å². The van der Waals surface area contributed by atoms with E-state index in [1.165, 1.54) is 17.0 Å². The van der Waals surface area contributed by atoms with E-state index in [-0.39, 0.29) is 31.0 Å². The van der Waals surface area contributed by atoms with Crippen LogP contribution in [0.25, 0.3) is 11.3 Å². The van der Waals surface area contributed by atoms with Crippen molar-refractivity contribution in [3.63, 3.8) is 0 Å². The van der Waals surface area contributed by atoms with Crippen molar-refractivity contribution in [1.29, 1.82) is 0 Å². The number of halogens is 3. The van der Waals surface area contributed by atoms with Crippen LogP contribution < -0.4 is 5.32 Å². The number of rotatable bonds is 3. The third kappa shape index (κ3) is 3.55. The van der Waals surface area contributed by atoms with Gasteiger partial charge in [0.25, 0.3) is 11.7 Å². The highest BCUT2D eigenvalue weighted by Crippen LogP contribution is 2.38. The molecule has 1 saturated heterocycles. The van der Waals surface area contributed by atoms with Gasteiger partial charge in [0.05, 0.1) is 5.69 Å². The highest BCUT2D eigenvalue weighted by Gasteiger charge is 2.54. The van der Waals surface area contributed by atoms with Crippen LogP contribution in [0, 0.1) is 0 Å². The highest BCUT2D eigenvalue weighted by molar-refractivity contribution is 6.05. The molecule has 3 N–H and O–H groups in total. The van der Waals surface area contributed by atoms with E-state index in [2.05, 4.69) is 10.3 Å². The lowest BCUT2D eigenvalue weighted by molar-refractivity contribution is -0.358. The summed E-state index contributed by atoms with van der Waals surface area (Å²) in [7, 11) is 0. The molecule has 1 unspecified atom stereocenters. The van der Waals surface area contributed by atoms with E-state index in [9.17, 15) is 37.8 Å². The van der Waals surface area contributed by atoms with E-state index < -0.39 is 35.4 Å². The number of fused-ring (bicyclic) bond motifs is 1. The van der Waals surface area contributed by atoms with Gasteiger partial charge < -0.3 is 15.1 Å². The zero-order chi connectivity index (χ0) is 22.6. The average Bonchev–Trinajstić information content (AvgIpc) is 3.03. The summed E-state index contributed by atoms with van der Waals surface area (Å²) in [6.45, 7) is 0.0838. The number of benzene rings is 1. The van der Waals surface area contributed by atoms with Gasteiger partial charge in [0.2, 0.25) is 11.8 Å². The molecule has 0 aliphatic carbocycles. The van der Waals surface area contributed by atoms with Crippen LogP contribution in [0.15, 0.2) is 36.5 Å². The Bertz CT molecular complexity index is 1100. The molecule has 2 aliphatic rings. The normalized spacial score (nSPS) is 19.5. The summed E-state index contributed by atoms with van der Waals surface area (Å²) in [5.74, 6) is -5.39. The summed E-state index contributed by atoms with van der Waals surface area (Å²) >= 11 is 0. The van der Waals surface area contributed by atoms with Crippen molar-refractivity contribution in [2.75, 3.05) is 0 Å². The number of hydrogen-bond donors (Lipinski definition) is 3. The zero-order valence-electron chi connectivity index (χ0n) is 15.8. The summed E-state index contributed by atoms with van der Waals surface area (Å²) in [6.07, 6.45) is -3.97. The number of alkyl halides is 3. The van der Waals surface area contributed by atoms with Crippen molar-refractivity contribution >= 4 is 17.7 Å². The Balaban J connectivity index is 1.63. The van der Waals surface area contributed by atoms with Crippen molar-refractivity contribution in [2.45, 2.75) is 37.4 Å². The fourth-order valence-corrected chi connectivity index (χ4v) is 3.70. The second-order valence-electron chi connectivity index (χ2n) is 7.37. The number of imide groups is 1. The molecule has 1 atom stereocenters. The molecule has 0 bridgehead atoms. The molecule has 3 heterocycles. The summed E-state index contributed by atoms with van der Waals surface area (Å²) in [5, 5.41) is 21.2. The van der Waals surface area contributed by atoms with Crippen LogP contribution in [-0.2, 0) is 21.9 Å². The summed E-state index contributed by atoms with van der Waals surface area (Å²) in [4.78, 5) is 41.5. The number of piperidine rings is 1. The first-order valence-corrected chi connectivity index (χ1v) is 9.25. The Morgan fingerprint density at radius 2 is 1.84 bits per heavy atom. The molecule has 31 heavy (non-hydrogen) atoms. The smallest absolute Gasteiger partial charge is 0.355 e. The maximum Gasteiger partial charge on any atom is 0.447 e. The van der Waals surface area contributed by atoms with Crippen LogP contribution in [-0.4, -0.2) is 50.0 Å². The first kappa shape index (κ1) is 20.9. The lowest BCUT2D eigenvalue weighted by Crippen LogP contribution is -2.52. The fourth-order valence-electron chi connectivity index (χ4n) is 3.70. The fraction of sp³-hybridized carbons (Fsp3) is 0.300. The van der Waals surface area contributed by atoms with Gasteiger partial charge >= 0.3 is 6.18 Å². The second-order valence-corrected chi connectivity index (χ2v) is 7.37. The van der Waals surface area contributed by atoms with Crippen LogP contribution in [0.1, 0.15) is 34.3 Å². The van der Waals surface area contributed by atoms with E-state index >= 15 is 0 Å². The molecule has 0 saturated carbocycles. The SMILES string of the molecule is O=C1CCC(N2Cc3cc(-c4cc(C(O)(O)C(F)(F)F)ccn4)ccc3C2=O)C(=O)N1. The van der Waals surface area contributed by atoms with Gasteiger partial charge in [0.15, 0.2) is 0 Å². The standard InChI is InChI=1S/C20H16F3N3O5/c21-20(22,23)19(30,31)12-5-6-24-14(8-12)10-1-2-13-11(7-10)9-26(18(13)29)15-3-4-16(27)25-17(15)28/h1-2,5-8,15,30-31H,3-4,9H2,(H,25,27,28). The molecule has 8 nitrogen and oxygen atoms in total. The van der Waals surface area contributed by atoms with Crippen molar-refractivity contribution in [2.24, 2.45) is 0 Å². The number of nitrogens with zero attached hydrogens (tertiary/aromatic N) is 2. The predicted molar refractivity (Wildman–Crippen MR) is 97.9 cm³/mol. The molecular weight excluding hydrogens is 419 g/mol. The molecule has 2 aromatic rings. The lowest BCUT2D eigenvalue weighted by Gasteiger charge is -2.29. The van der Waals surface area contributed by atoms with E-state index in [0.717, 1.165) is 18.3 Å². The molecule has 1 aromatic heterocycles. The largest absolute Gasteiger partial charge is 0.447 e. The Hall–Kier alpha value is -3.31. The zero-order valence-corrected chi connectivity index (χ0v) is 15.8. The Morgan fingerprint density at radius 3 is 2.52 bits per heavy atom. The van der Waals surface area contributed by atoms with Gasteiger partial charge in [0, 0.05) is 35.9 Å². The summed E-state index contributed by atoms with van der Waals surface area (Å²) in [6, 6.07) is 5.46. The third-order valence-electron chi connectivity index (χ3n) is 5.38. The Morgan fingerprint density at radius 1 is 1.10 bits per heavy atom. The van der Waals surface area contributed by atoms with Crippen LogP contribution in [0.3, 0.4) is 0 Å². The number of aromatic nitrogens is 1. The molecule has 3 amide bonds. The van der Waals surface area contributed by atoms with E-state index in [1.807, 2.05) is 0 Å². The van der Waals surface area contributed by atoms with Gasteiger partial charge in [-0.05, 0) is 36.2 Å². The minimum atomic E-state index is -5.31. The number of amides is 3. The number of hydrogen-bond acceptors (Lipinski definition) is 6. The first-order chi connectivity index (χ1) is 14.5. The van der Waals surface area contributed by atoms with Crippen molar-refractivity contribution in [3.05, 3.63) is 53.2 Å². The van der Waals surface area contributed by atoms with Gasteiger partial charge in [-0.15, -0.1) is 0 Å². The van der Waals surface area contributed by atoms with Gasteiger partial charge in [-0.25, -0.2) is 0 Å². The first-order valence-electron chi connectivity index (χ1n) is 9.25. The van der Waals surface area contributed by atoms with E-state index in [0.29, 0.717) is 16.7 Å². The van der Waals surface area contributed by atoms with Gasteiger partial charge in [-0.3, -0.25) is 24.7 Å². The monoisotopic (exact) mass is 435 g/mol. The quantitative estimate of drug-likeness (QED) is 0.493. The van der Waals surface area contributed by atoms with Gasteiger partial charge in [0.1, 0.15) is 6.04 Å². The maximum absolute atomic E-state index is 12.9. The number of carbonyl (C=O) groups excluding carboxylic acids is 3. The minimum Gasteiger partial charge on any atom is -0.355 e. The second kappa shape index (κ2) is 7.13. The molecule has 0 spiro atoms. The minimum absolute atomic E-state index is 0.0453. The summed E-state index contributed by atoms with van der Waals surface area (Å²) < 4.78 is 38.8. The van der Waals surface area contributed by atoms with Crippen molar-refractivity contribution in [1.82, 2.24) is 15.2 Å². The van der Waals surface area contributed by atoms with Crippen molar-refractivity contribution in [3.8, 4) is 11.3 Å². The van der Waals surface area contributed by atoms with Gasteiger partial charge in [-0.2, -0.15) is 13.2 Å². The highest BCUT2D eigenvalue weighted by atomic mass is 19.4. The number of pyridine rings is 1. The molecular formula is C20H16F3N3O5. The topological polar surface area (TPSA) is 120 Å². The summed E-state index contributed by atoms with van der Waals surface area (Å²) in [5.41, 5.74) is 0.472. The third-order valence-corrected chi connectivity index (χ3v) is 5.38. The Kier molecular flexibility index (Phi) is 4.82. The van der Waals surface area contributed by atoms with Gasteiger partial charge in [-0.1, -0.05) is 6.07 Å². The lowest BCUT2D eigenvalue weighted by atomic mass is 10.0. The van der Waals surface area contributed by atoms with E-state index in [4.69, 9.17) is 0 Å². The van der Waals surface area contributed by atoms with Crippen LogP contribution in [0.5, 0.6) is 0 Å². The molecule has 0 radical (unpaired) electrons. The molecule has 162 valence electrons. The number of carbonyl (C=O) groups is 3. The van der Waals surface area contributed by atoms with E-state index in [1.54, 1.807) is 6.07 Å². The van der Waals surface area contributed by atoms with Crippen LogP contribution in [0.2, 0.25) is 0 Å². The number of aliphatic hydroxyl groups is 2. The molecule has 1 fully saturated rings. The predicted octanol–water partition coefficient (Wildman–Crippen LogP) is 1.21. The number of nitrogens with one attached hydrogen (secondary N) is 1. The average molecular weight is 435 g/mol. The maximum atomic E-state index is 12.9. The Labute approximate surface area is 173 Å².